The minimum absolute atomic E-state index is 0.315. The summed E-state index contributed by atoms with van der Waals surface area (Å²) in [7, 11) is 0. The van der Waals surface area contributed by atoms with Crippen LogP contribution >= 0.6 is 0 Å². The molecule has 6 nitrogen and oxygen atoms in total. The van der Waals surface area contributed by atoms with Gasteiger partial charge in [0.1, 0.15) is 5.82 Å². The van der Waals surface area contributed by atoms with Crippen molar-refractivity contribution < 1.29 is 13.4 Å². The molecule has 0 aliphatic rings. The molecule has 118 valence electrons. The van der Waals surface area contributed by atoms with E-state index in [4.69, 9.17) is 9.05 Å². The molecule has 0 atom stereocenters. The largest absolute Gasteiger partial charge is 0.334 e. The van der Waals surface area contributed by atoms with Crippen molar-refractivity contribution in [2.24, 2.45) is 0 Å². The second kappa shape index (κ2) is 5.69. The van der Waals surface area contributed by atoms with Crippen molar-refractivity contribution >= 4 is 0 Å². The summed E-state index contributed by atoms with van der Waals surface area (Å²) in [5.41, 5.74) is 2.25. The smallest absolute Gasteiger partial charge is 0.258 e. The fourth-order valence-electron chi connectivity index (χ4n) is 2.23. The van der Waals surface area contributed by atoms with Crippen LogP contribution in [-0.4, -0.2) is 20.3 Å². The molecular weight excluding hydrogens is 311 g/mol. The van der Waals surface area contributed by atoms with Gasteiger partial charge in [-0.05, 0) is 43.3 Å². The van der Waals surface area contributed by atoms with Gasteiger partial charge in [0.2, 0.25) is 5.82 Å². The molecule has 0 radical (unpaired) electrons. The Morgan fingerprint density at radius 2 is 1.25 bits per heavy atom. The van der Waals surface area contributed by atoms with Crippen LogP contribution in [0.3, 0.4) is 0 Å². The highest BCUT2D eigenvalue weighted by atomic mass is 19.1. The molecule has 0 amide bonds. The summed E-state index contributed by atoms with van der Waals surface area (Å²) >= 11 is 0. The normalized spacial score (nSPS) is 10.9. The number of nitrogens with zero attached hydrogens (tertiary/aromatic N) is 4. The van der Waals surface area contributed by atoms with Crippen LogP contribution in [0.2, 0.25) is 0 Å². The standard InChI is InChI=1S/C17H11FN4O2/c1-10-19-16(23-21-10)12-4-2-11(3-5-12)15-20-17(24-22-15)13-6-8-14(18)9-7-13/h2-9H,1H3. The summed E-state index contributed by atoms with van der Waals surface area (Å²) in [4.78, 5) is 8.51. The van der Waals surface area contributed by atoms with E-state index in [1.165, 1.54) is 12.1 Å². The number of halogens is 1. The molecule has 24 heavy (non-hydrogen) atoms. The van der Waals surface area contributed by atoms with Gasteiger partial charge in [0.05, 0.1) is 0 Å². The second-order valence-electron chi connectivity index (χ2n) is 5.15. The van der Waals surface area contributed by atoms with Crippen LogP contribution in [0.1, 0.15) is 5.82 Å². The molecular formula is C17H11FN4O2. The van der Waals surface area contributed by atoms with E-state index in [0.717, 1.165) is 11.1 Å². The molecule has 0 saturated carbocycles. The lowest BCUT2D eigenvalue weighted by Gasteiger charge is -1.96. The highest BCUT2D eigenvalue weighted by Gasteiger charge is 2.12. The number of hydrogen-bond acceptors (Lipinski definition) is 6. The SMILES string of the molecule is Cc1noc(-c2ccc(-c3noc(-c4ccc(F)cc4)n3)cc2)n1. The first-order valence-electron chi connectivity index (χ1n) is 7.20. The Morgan fingerprint density at radius 1 is 0.708 bits per heavy atom. The number of benzene rings is 2. The monoisotopic (exact) mass is 322 g/mol. The van der Waals surface area contributed by atoms with Gasteiger partial charge >= 0.3 is 0 Å². The predicted octanol–water partition coefficient (Wildman–Crippen LogP) is 3.90. The lowest BCUT2D eigenvalue weighted by Crippen LogP contribution is -1.83. The van der Waals surface area contributed by atoms with E-state index in [1.807, 2.05) is 24.3 Å². The van der Waals surface area contributed by atoms with Gasteiger partial charge in [0.25, 0.3) is 11.8 Å². The molecule has 0 fully saturated rings. The molecule has 2 aromatic heterocycles. The fourth-order valence-corrected chi connectivity index (χ4v) is 2.23. The van der Waals surface area contributed by atoms with Crippen molar-refractivity contribution in [1.29, 1.82) is 0 Å². The first kappa shape index (κ1) is 14.3. The van der Waals surface area contributed by atoms with Gasteiger partial charge in [0.15, 0.2) is 5.82 Å². The molecule has 4 aromatic rings. The Labute approximate surface area is 136 Å². The number of aryl methyl sites for hydroxylation is 1. The molecule has 4 rings (SSSR count). The summed E-state index contributed by atoms with van der Waals surface area (Å²) in [6.07, 6.45) is 0. The van der Waals surface area contributed by atoms with Gasteiger partial charge in [-0.3, -0.25) is 0 Å². The quantitative estimate of drug-likeness (QED) is 0.569. The molecule has 0 bridgehead atoms. The van der Waals surface area contributed by atoms with Crippen LogP contribution in [-0.2, 0) is 0 Å². The molecule has 0 spiro atoms. The third-order valence-corrected chi connectivity index (χ3v) is 3.43. The van der Waals surface area contributed by atoms with Crippen molar-refractivity contribution in [2.45, 2.75) is 6.92 Å². The second-order valence-corrected chi connectivity index (χ2v) is 5.15. The van der Waals surface area contributed by atoms with Crippen LogP contribution in [0.4, 0.5) is 4.39 Å². The zero-order chi connectivity index (χ0) is 16.5. The van der Waals surface area contributed by atoms with E-state index >= 15 is 0 Å². The Bertz CT molecular complexity index is 975. The van der Waals surface area contributed by atoms with Gasteiger partial charge in [-0.2, -0.15) is 9.97 Å². The average molecular weight is 322 g/mol. The molecule has 7 heteroatoms. The third kappa shape index (κ3) is 2.67. The van der Waals surface area contributed by atoms with Crippen LogP contribution in [0, 0.1) is 12.7 Å². The van der Waals surface area contributed by atoms with Crippen molar-refractivity contribution in [2.75, 3.05) is 0 Å². The first-order chi connectivity index (χ1) is 11.7. The molecule has 2 aromatic carbocycles. The van der Waals surface area contributed by atoms with Crippen LogP contribution in [0.25, 0.3) is 34.3 Å². The van der Waals surface area contributed by atoms with E-state index in [1.54, 1.807) is 19.1 Å². The summed E-state index contributed by atoms with van der Waals surface area (Å²) in [5, 5.41) is 7.72. The first-order valence-corrected chi connectivity index (χ1v) is 7.20. The van der Waals surface area contributed by atoms with Gasteiger partial charge in [0, 0.05) is 16.7 Å². The lowest BCUT2D eigenvalue weighted by molar-refractivity contribution is 0.425. The molecule has 0 saturated heterocycles. The molecule has 2 heterocycles. The van der Waals surface area contributed by atoms with E-state index < -0.39 is 0 Å². The van der Waals surface area contributed by atoms with Crippen LogP contribution in [0.15, 0.2) is 57.6 Å². The highest BCUT2D eigenvalue weighted by molar-refractivity contribution is 5.63. The van der Waals surface area contributed by atoms with Crippen molar-refractivity contribution in [3.63, 3.8) is 0 Å². The molecule has 0 aliphatic heterocycles. The summed E-state index contributed by atoms with van der Waals surface area (Å²) < 4.78 is 23.3. The number of hydrogen-bond donors (Lipinski definition) is 0. The third-order valence-electron chi connectivity index (χ3n) is 3.43. The minimum atomic E-state index is -0.315. The van der Waals surface area contributed by atoms with Crippen LogP contribution in [0.5, 0.6) is 0 Å². The Kier molecular flexibility index (Phi) is 3.38. The highest BCUT2D eigenvalue weighted by Crippen LogP contribution is 2.25. The van der Waals surface area contributed by atoms with Crippen LogP contribution < -0.4 is 0 Å². The van der Waals surface area contributed by atoms with Crippen molar-refractivity contribution in [3.8, 4) is 34.3 Å². The lowest BCUT2D eigenvalue weighted by atomic mass is 10.1. The Morgan fingerprint density at radius 3 is 1.88 bits per heavy atom. The van der Waals surface area contributed by atoms with Gasteiger partial charge in [-0.25, -0.2) is 4.39 Å². The summed E-state index contributed by atoms with van der Waals surface area (Å²) in [6.45, 7) is 1.76. The summed E-state index contributed by atoms with van der Waals surface area (Å²) in [5.74, 6) is 1.50. The molecule has 0 N–H and O–H groups in total. The minimum Gasteiger partial charge on any atom is -0.334 e. The van der Waals surface area contributed by atoms with Gasteiger partial charge in [-0.15, -0.1) is 0 Å². The Balaban J connectivity index is 1.61. The molecule has 0 unspecified atom stereocenters. The summed E-state index contributed by atoms with van der Waals surface area (Å²) in [6, 6.07) is 13.2. The zero-order valence-electron chi connectivity index (χ0n) is 12.6. The van der Waals surface area contributed by atoms with Crippen molar-refractivity contribution in [1.82, 2.24) is 20.3 Å². The van der Waals surface area contributed by atoms with E-state index in [0.29, 0.717) is 29.0 Å². The van der Waals surface area contributed by atoms with E-state index in [2.05, 4.69) is 20.3 Å². The topological polar surface area (TPSA) is 77.8 Å². The predicted molar refractivity (Wildman–Crippen MR) is 83.2 cm³/mol. The van der Waals surface area contributed by atoms with E-state index in [9.17, 15) is 4.39 Å². The van der Waals surface area contributed by atoms with E-state index in [-0.39, 0.29) is 5.82 Å². The fraction of sp³-hybridized carbons (Fsp3) is 0.0588. The number of aromatic nitrogens is 4. The van der Waals surface area contributed by atoms with Gasteiger partial charge in [-0.1, -0.05) is 22.4 Å². The van der Waals surface area contributed by atoms with Gasteiger partial charge < -0.3 is 9.05 Å². The maximum Gasteiger partial charge on any atom is 0.258 e. The number of rotatable bonds is 3. The Hall–Kier alpha value is -3.35. The maximum atomic E-state index is 13.0. The average Bonchev–Trinajstić information content (AvgIpc) is 3.25. The maximum absolute atomic E-state index is 13.0. The zero-order valence-corrected chi connectivity index (χ0v) is 12.6. The molecule has 0 aliphatic carbocycles. The van der Waals surface area contributed by atoms with Crippen molar-refractivity contribution in [3.05, 3.63) is 60.2 Å².